The van der Waals surface area contributed by atoms with Crippen LogP contribution < -0.4 is 0 Å². The lowest BCUT2D eigenvalue weighted by atomic mass is 10.1. The van der Waals surface area contributed by atoms with Gasteiger partial charge < -0.3 is 15.3 Å². The van der Waals surface area contributed by atoms with Gasteiger partial charge in [-0.15, -0.1) is 0 Å². The van der Waals surface area contributed by atoms with Gasteiger partial charge in [-0.25, -0.2) is 0 Å². The van der Waals surface area contributed by atoms with Crippen LogP contribution >= 0.6 is 0 Å². The molecule has 0 aromatic carbocycles. The SMILES string of the molecule is C=CC(=O)C(O)CC(O)CC(=O)O. The van der Waals surface area contributed by atoms with Gasteiger partial charge in [0.15, 0.2) is 5.78 Å². The molecule has 0 amide bonds. The number of aliphatic hydroxyl groups excluding tert-OH is 2. The highest BCUT2D eigenvalue weighted by Crippen LogP contribution is 2.03. The number of aliphatic carboxylic acids is 1. The van der Waals surface area contributed by atoms with Gasteiger partial charge in [-0.1, -0.05) is 6.58 Å². The minimum absolute atomic E-state index is 0.281. The highest BCUT2D eigenvalue weighted by atomic mass is 16.4. The number of carbonyl (C=O) groups excluding carboxylic acids is 1. The minimum atomic E-state index is -1.37. The van der Waals surface area contributed by atoms with E-state index in [4.69, 9.17) is 15.3 Å². The second-order valence-electron chi connectivity index (χ2n) is 2.61. The molecule has 2 atom stereocenters. The number of carbonyl (C=O) groups is 2. The van der Waals surface area contributed by atoms with Crippen LogP contribution in [0.4, 0.5) is 0 Å². The van der Waals surface area contributed by atoms with Crippen LogP contribution in [0.5, 0.6) is 0 Å². The topological polar surface area (TPSA) is 94.8 Å². The van der Waals surface area contributed by atoms with Crippen molar-refractivity contribution in [2.24, 2.45) is 0 Å². The van der Waals surface area contributed by atoms with Crippen LogP contribution in [0.3, 0.4) is 0 Å². The summed E-state index contributed by atoms with van der Waals surface area (Å²) >= 11 is 0. The van der Waals surface area contributed by atoms with Crippen molar-refractivity contribution in [3.8, 4) is 0 Å². The van der Waals surface area contributed by atoms with E-state index in [0.29, 0.717) is 0 Å². The molecule has 0 radical (unpaired) electrons. The van der Waals surface area contributed by atoms with Gasteiger partial charge in [0.1, 0.15) is 6.10 Å². The van der Waals surface area contributed by atoms with Gasteiger partial charge in [0, 0.05) is 6.42 Å². The van der Waals surface area contributed by atoms with Crippen LogP contribution in [0.1, 0.15) is 12.8 Å². The van der Waals surface area contributed by atoms with Gasteiger partial charge in [-0.2, -0.15) is 0 Å². The van der Waals surface area contributed by atoms with Gasteiger partial charge in [0.2, 0.25) is 0 Å². The van der Waals surface area contributed by atoms with E-state index in [0.717, 1.165) is 6.08 Å². The molecule has 0 fully saturated rings. The van der Waals surface area contributed by atoms with Crippen LogP contribution in [0.15, 0.2) is 12.7 Å². The van der Waals surface area contributed by atoms with E-state index in [2.05, 4.69) is 6.58 Å². The van der Waals surface area contributed by atoms with Crippen LogP contribution in [-0.2, 0) is 9.59 Å². The van der Waals surface area contributed by atoms with Crippen molar-refractivity contribution < 1.29 is 24.9 Å². The molecule has 0 aliphatic rings. The molecule has 0 saturated heterocycles. The van der Waals surface area contributed by atoms with E-state index in [-0.39, 0.29) is 6.42 Å². The van der Waals surface area contributed by atoms with Gasteiger partial charge in [-0.05, 0) is 6.08 Å². The Morgan fingerprint density at radius 1 is 1.38 bits per heavy atom. The molecule has 0 spiro atoms. The molecular weight excluding hydrogens is 176 g/mol. The molecule has 5 heteroatoms. The Kier molecular flexibility index (Phi) is 4.94. The maximum atomic E-state index is 10.7. The third kappa shape index (κ3) is 5.10. The Morgan fingerprint density at radius 2 is 1.92 bits per heavy atom. The highest BCUT2D eigenvalue weighted by molar-refractivity contribution is 5.92. The number of carboxylic acids is 1. The standard InChI is InChI=1S/C8H12O5/c1-2-6(10)7(11)3-5(9)4-8(12)13/h2,5,7,9,11H,1,3-4H2,(H,12,13). The number of carboxylic acid groups (broad SMARTS) is 1. The number of hydrogen-bond donors (Lipinski definition) is 3. The highest BCUT2D eigenvalue weighted by Gasteiger charge is 2.18. The predicted octanol–water partition coefficient (Wildman–Crippen LogP) is -0.672. The van der Waals surface area contributed by atoms with Crippen molar-refractivity contribution >= 4 is 11.8 Å². The summed E-state index contributed by atoms with van der Waals surface area (Å²) in [6, 6.07) is 0. The molecule has 0 aromatic heterocycles. The van der Waals surface area contributed by atoms with E-state index in [1.54, 1.807) is 0 Å². The van der Waals surface area contributed by atoms with Crippen molar-refractivity contribution in [3.63, 3.8) is 0 Å². The summed E-state index contributed by atoms with van der Waals surface area (Å²) in [5, 5.41) is 26.3. The fourth-order valence-corrected chi connectivity index (χ4v) is 0.795. The second kappa shape index (κ2) is 5.45. The minimum Gasteiger partial charge on any atom is -0.481 e. The number of ketones is 1. The quantitative estimate of drug-likeness (QED) is 0.480. The molecule has 2 unspecified atom stereocenters. The molecule has 0 bridgehead atoms. The zero-order valence-electron chi connectivity index (χ0n) is 7.01. The summed E-state index contributed by atoms with van der Waals surface area (Å²) in [4.78, 5) is 20.8. The Bertz CT molecular complexity index is 211. The molecule has 0 saturated carbocycles. The zero-order chi connectivity index (χ0) is 10.4. The van der Waals surface area contributed by atoms with E-state index in [9.17, 15) is 9.59 Å². The Balaban J connectivity index is 3.90. The van der Waals surface area contributed by atoms with Crippen molar-refractivity contribution in [2.45, 2.75) is 25.0 Å². The molecule has 0 rings (SSSR count). The van der Waals surface area contributed by atoms with Gasteiger partial charge in [-0.3, -0.25) is 9.59 Å². The molecule has 3 N–H and O–H groups in total. The second-order valence-corrected chi connectivity index (χ2v) is 2.61. The van der Waals surface area contributed by atoms with Crippen molar-refractivity contribution in [1.29, 1.82) is 0 Å². The molecule has 5 nitrogen and oxygen atoms in total. The summed E-state index contributed by atoms with van der Waals surface area (Å²) < 4.78 is 0. The lowest BCUT2D eigenvalue weighted by Gasteiger charge is -2.10. The van der Waals surface area contributed by atoms with Gasteiger partial charge in [0.05, 0.1) is 12.5 Å². The number of aliphatic hydroxyl groups is 2. The van der Waals surface area contributed by atoms with E-state index < -0.39 is 30.4 Å². The Labute approximate surface area is 75.3 Å². The summed E-state index contributed by atoms with van der Waals surface area (Å²) in [6.45, 7) is 3.14. The van der Waals surface area contributed by atoms with Crippen LogP contribution in [0, 0.1) is 0 Å². The first kappa shape index (κ1) is 11.8. The number of rotatable bonds is 6. The molecular formula is C8H12O5. The first-order chi connectivity index (χ1) is 5.97. The summed E-state index contributed by atoms with van der Waals surface area (Å²) in [5.74, 6) is -1.80. The van der Waals surface area contributed by atoms with Crippen molar-refractivity contribution in [3.05, 3.63) is 12.7 Å². The Hall–Kier alpha value is -1.20. The van der Waals surface area contributed by atoms with Crippen molar-refractivity contribution in [1.82, 2.24) is 0 Å². The maximum absolute atomic E-state index is 10.7. The molecule has 74 valence electrons. The van der Waals surface area contributed by atoms with E-state index in [1.807, 2.05) is 0 Å². The monoisotopic (exact) mass is 188 g/mol. The average molecular weight is 188 g/mol. The fraction of sp³-hybridized carbons (Fsp3) is 0.500. The third-order valence-electron chi connectivity index (χ3n) is 1.44. The third-order valence-corrected chi connectivity index (χ3v) is 1.44. The lowest BCUT2D eigenvalue weighted by Crippen LogP contribution is -2.26. The first-order valence-corrected chi connectivity index (χ1v) is 3.71. The van der Waals surface area contributed by atoms with Gasteiger partial charge in [0.25, 0.3) is 0 Å². The average Bonchev–Trinajstić information content (AvgIpc) is 2.01. The number of hydrogen-bond acceptors (Lipinski definition) is 4. The first-order valence-electron chi connectivity index (χ1n) is 3.71. The summed E-state index contributed by atoms with van der Waals surface area (Å²) in [5.41, 5.74) is 0. The Morgan fingerprint density at radius 3 is 2.31 bits per heavy atom. The van der Waals surface area contributed by atoms with Crippen molar-refractivity contribution in [2.75, 3.05) is 0 Å². The smallest absolute Gasteiger partial charge is 0.305 e. The maximum Gasteiger partial charge on any atom is 0.305 e. The molecule has 0 heterocycles. The zero-order valence-corrected chi connectivity index (χ0v) is 7.01. The molecule has 0 aliphatic carbocycles. The predicted molar refractivity (Wildman–Crippen MR) is 44.1 cm³/mol. The molecule has 0 aliphatic heterocycles. The van der Waals surface area contributed by atoms with Crippen LogP contribution in [0.25, 0.3) is 0 Å². The summed E-state index contributed by atoms with van der Waals surface area (Å²) in [6.07, 6.45) is -2.42. The van der Waals surface area contributed by atoms with Crippen LogP contribution in [-0.4, -0.2) is 39.3 Å². The van der Waals surface area contributed by atoms with Crippen LogP contribution in [0.2, 0.25) is 0 Å². The van der Waals surface area contributed by atoms with E-state index in [1.165, 1.54) is 0 Å². The summed E-state index contributed by atoms with van der Waals surface area (Å²) in [7, 11) is 0. The van der Waals surface area contributed by atoms with E-state index >= 15 is 0 Å². The van der Waals surface area contributed by atoms with Gasteiger partial charge >= 0.3 is 5.97 Å². The largest absolute Gasteiger partial charge is 0.481 e. The lowest BCUT2D eigenvalue weighted by molar-refractivity contribution is -0.140. The molecule has 13 heavy (non-hydrogen) atoms. The normalized spacial score (nSPS) is 14.6. The fourth-order valence-electron chi connectivity index (χ4n) is 0.795. The molecule has 0 aromatic rings.